The lowest BCUT2D eigenvalue weighted by Crippen LogP contribution is -2.31. The van der Waals surface area contributed by atoms with Crippen LogP contribution in [0, 0.1) is 0 Å². The summed E-state index contributed by atoms with van der Waals surface area (Å²) in [6.45, 7) is 4.87. The summed E-state index contributed by atoms with van der Waals surface area (Å²) in [5, 5.41) is 0.573. The minimum absolute atomic E-state index is 0.0810. The third kappa shape index (κ3) is 4.19. The topological polar surface area (TPSA) is 50.6 Å². The molecule has 1 saturated heterocycles. The van der Waals surface area contributed by atoms with Crippen LogP contribution in [0.4, 0.5) is 5.69 Å². The van der Waals surface area contributed by atoms with Crippen molar-refractivity contribution in [3.8, 4) is 11.4 Å². The fourth-order valence-corrected chi connectivity index (χ4v) is 3.93. The normalized spacial score (nSPS) is 16.5. The Bertz CT molecular complexity index is 1060. The summed E-state index contributed by atoms with van der Waals surface area (Å²) in [6.07, 6.45) is 4.85. The number of ether oxygens (including phenoxy) is 1. The molecule has 30 heavy (non-hydrogen) atoms. The molecular formula is C24H30N4O2. The Morgan fingerprint density at radius 2 is 1.90 bits per heavy atom. The smallest absolute Gasteiger partial charge is 0.265 e. The first kappa shape index (κ1) is 20.4. The monoisotopic (exact) mass is 406 g/mol. The zero-order chi connectivity index (χ0) is 21.1. The van der Waals surface area contributed by atoms with Crippen molar-refractivity contribution < 1.29 is 4.74 Å². The second-order valence-electron chi connectivity index (χ2n) is 8.17. The van der Waals surface area contributed by atoms with Crippen LogP contribution in [0.5, 0.6) is 5.75 Å². The number of hydrogen-bond donors (Lipinski definition) is 0. The predicted molar refractivity (Wildman–Crippen MR) is 122 cm³/mol. The SMILES string of the molecule is CCCCOc1ccc2ncn(-c3ccc(N4CCC(N(C)C)C4)cc3)c(=O)c2c1. The summed E-state index contributed by atoms with van der Waals surface area (Å²) < 4.78 is 7.37. The summed E-state index contributed by atoms with van der Waals surface area (Å²) in [7, 11) is 4.27. The van der Waals surface area contributed by atoms with E-state index in [9.17, 15) is 4.79 Å². The van der Waals surface area contributed by atoms with E-state index in [-0.39, 0.29) is 5.56 Å². The van der Waals surface area contributed by atoms with E-state index in [1.807, 2.05) is 24.3 Å². The van der Waals surface area contributed by atoms with Gasteiger partial charge in [0.15, 0.2) is 0 Å². The van der Waals surface area contributed by atoms with E-state index in [0.717, 1.165) is 31.6 Å². The average Bonchev–Trinajstić information content (AvgIpc) is 3.25. The molecule has 2 aromatic carbocycles. The van der Waals surface area contributed by atoms with Crippen LogP contribution in [-0.2, 0) is 0 Å². The molecule has 3 aromatic rings. The molecule has 1 aromatic heterocycles. The van der Waals surface area contributed by atoms with Gasteiger partial charge in [0.1, 0.15) is 12.1 Å². The second kappa shape index (κ2) is 8.88. The fourth-order valence-electron chi connectivity index (χ4n) is 3.93. The van der Waals surface area contributed by atoms with Gasteiger partial charge in [-0.05, 0) is 69.4 Å². The highest BCUT2D eigenvalue weighted by atomic mass is 16.5. The highest BCUT2D eigenvalue weighted by Gasteiger charge is 2.24. The van der Waals surface area contributed by atoms with Crippen LogP contribution in [-0.4, -0.2) is 54.3 Å². The number of hydrogen-bond acceptors (Lipinski definition) is 5. The van der Waals surface area contributed by atoms with E-state index in [1.54, 1.807) is 17.0 Å². The number of benzene rings is 2. The molecule has 0 spiro atoms. The highest BCUT2D eigenvalue weighted by molar-refractivity contribution is 5.79. The molecule has 0 saturated carbocycles. The molecule has 0 N–H and O–H groups in total. The fraction of sp³-hybridized carbons (Fsp3) is 0.417. The molecule has 158 valence electrons. The number of rotatable bonds is 7. The molecule has 2 heterocycles. The van der Waals surface area contributed by atoms with Crippen LogP contribution in [0.2, 0.25) is 0 Å². The number of aromatic nitrogens is 2. The summed E-state index contributed by atoms with van der Waals surface area (Å²) in [6, 6.07) is 14.3. The van der Waals surface area contributed by atoms with Crippen LogP contribution in [0.3, 0.4) is 0 Å². The Kier molecular flexibility index (Phi) is 6.04. The van der Waals surface area contributed by atoms with Crippen molar-refractivity contribution in [3.63, 3.8) is 0 Å². The third-order valence-corrected chi connectivity index (χ3v) is 5.88. The van der Waals surface area contributed by atoms with Crippen molar-refractivity contribution in [1.29, 1.82) is 0 Å². The van der Waals surface area contributed by atoms with Gasteiger partial charge in [-0.2, -0.15) is 0 Å². The van der Waals surface area contributed by atoms with Gasteiger partial charge >= 0.3 is 0 Å². The number of nitrogens with zero attached hydrogens (tertiary/aromatic N) is 4. The van der Waals surface area contributed by atoms with Gasteiger partial charge in [0, 0.05) is 24.8 Å². The zero-order valence-corrected chi connectivity index (χ0v) is 18.0. The average molecular weight is 407 g/mol. The Labute approximate surface area is 177 Å². The molecule has 0 amide bonds. The second-order valence-corrected chi connectivity index (χ2v) is 8.17. The van der Waals surface area contributed by atoms with Crippen LogP contribution >= 0.6 is 0 Å². The molecule has 1 aliphatic heterocycles. The molecule has 6 nitrogen and oxygen atoms in total. The van der Waals surface area contributed by atoms with Gasteiger partial charge in [-0.3, -0.25) is 9.36 Å². The molecule has 4 rings (SSSR count). The Balaban J connectivity index is 1.58. The summed E-state index contributed by atoms with van der Waals surface area (Å²) >= 11 is 0. The van der Waals surface area contributed by atoms with E-state index in [2.05, 4.69) is 47.9 Å². The molecule has 1 atom stereocenters. The molecule has 1 unspecified atom stereocenters. The highest BCUT2D eigenvalue weighted by Crippen LogP contribution is 2.24. The molecule has 0 aliphatic carbocycles. The van der Waals surface area contributed by atoms with Crippen molar-refractivity contribution in [3.05, 3.63) is 59.1 Å². The van der Waals surface area contributed by atoms with Gasteiger partial charge in [-0.15, -0.1) is 0 Å². The van der Waals surface area contributed by atoms with E-state index in [0.29, 0.717) is 29.3 Å². The standard InChI is InChI=1S/C24H30N4O2/c1-4-5-14-30-21-10-11-23-22(15-21)24(29)28(17-25-23)19-8-6-18(7-9-19)27-13-12-20(16-27)26(2)3/h6-11,15,17,20H,4-5,12-14,16H2,1-3H3. The van der Waals surface area contributed by atoms with Gasteiger partial charge in [0.05, 0.1) is 23.2 Å². The summed E-state index contributed by atoms with van der Waals surface area (Å²) in [5.41, 5.74) is 2.61. The summed E-state index contributed by atoms with van der Waals surface area (Å²) in [4.78, 5) is 22.3. The van der Waals surface area contributed by atoms with Crippen LogP contribution < -0.4 is 15.2 Å². The lowest BCUT2D eigenvalue weighted by atomic mass is 10.2. The molecule has 0 bridgehead atoms. The van der Waals surface area contributed by atoms with Crippen molar-refractivity contribution >= 4 is 16.6 Å². The van der Waals surface area contributed by atoms with Gasteiger partial charge < -0.3 is 14.5 Å². The quantitative estimate of drug-likeness (QED) is 0.560. The van der Waals surface area contributed by atoms with Gasteiger partial charge in [-0.25, -0.2) is 4.98 Å². The van der Waals surface area contributed by atoms with Crippen molar-refractivity contribution in [2.45, 2.75) is 32.2 Å². The lowest BCUT2D eigenvalue weighted by Gasteiger charge is -2.22. The molecule has 6 heteroatoms. The van der Waals surface area contributed by atoms with E-state index in [4.69, 9.17) is 4.74 Å². The van der Waals surface area contributed by atoms with Crippen molar-refractivity contribution in [2.75, 3.05) is 38.7 Å². The van der Waals surface area contributed by atoms with Crippen LogP contribution in [0.25, 0.3) is 16.6 Å². The van der Waals surface area contributed by atoms with E-state index >= 15 is 0 Å². The maximum absolute atomic E-state index is 13.1. The van der Waals surface area contributed by atoms with Crippen LogP contribution in [0.1, 0.15) is 26.2 Å². The number of anilines is 1. The lowest BCUT2D eigenvalue weighted by molar-refractivity contribution is 0.310. The minimum Gasteiger partial charge on any atom is -0.494 e. The molecule has 0 radical (unpaired) electrons. The minimum atomic E-state index is -0.0810. The van der Waals surface area contributed by atoms with Crippen molar-refractivity contribution in [2.24, 2.45) is 0 Å². The van der Waals surface area contributed by atoms with Crippen molar-refractivity contribution in [1.82, 2.24) is 14.5 Å². The largest absolute Gasteiger partial charge is 0.494 e. The van der Waals surface area contributed by atoms with Gasteiger partial charge in [0.2, 0.25) is 0 Å². The maximum Gasteiger partial charge on any atom is 0.265 e. The Morgan fingerprint density at radius 3 is 2.60 bits per heavy atom. The number of likely N-dealkylation sites (N-methyl/N-ethyl adjacent to an activating group) is 1. The van der Waals surface area contributed by atoms with E-state index in [1.165, 1.54) is 12.1 Å². The first-order valence-corrected chi connectivity index (χ1v) is 10.7. The maximum atomic E-state index is 13.1. The number of fused-ring (bicyclic) bond motifs is 1. The van der Waals surface area contributed by atoms with E-state index < -0.39 is 0 Å². The Morgan fingerprint density at radius 1 is 1.13 bits per heavy atom. The first-order valence-electron chi connectivity index (χ1n) is 10.7. The third-order valence-electron chi connectivity index (χ3n) is 5.88. The molecule has 1 fully saturated rings. The zero-order valence-electron chi connectivity index (χ0n) is 18.0. The summed E-state index contributed by atoms with van der Waals surface area (Å²) in [5.74, 6) is 0.715. The molecule has 1 aliphatic rings. The predicted octanol–water partition coefficient (Wildman–Crippen LogP) is 3.70. The Hall–Kier alpha value is -2.86. The first-order chi connectivity index (χ1) is 14.6. The van der Waals surface area contributed by atoms with Crippen LogP contribution in [0.15, 0.2) is 53.6 Å². The van der Waals surface area contributed by atoms with Gasteiger partial charge in [-0.1, -0.05) is 13.3 Å². The molecular weight excluding hydrogens is 376 g/mol. The van der Waals surface area contributed by atoms with Gasteiger partial charge in [0.25, 0.3) is 5.56 Å². The number of unbranched alkanes of at least 4 members (excludes halogenated alkanes) is 1.